The largest absolute Gasteiger partial charge is 0.493 e. The molecule has 192 valence electrons. The van der Waals surface area contributed by atoms with Crippen LogP contribution in [0.1, 0.15) is 41.2 Å². The van der Waals surface area contributed by atoms with E-state index in [-0.39, 0.29) is 6.61 Å². The van der Waals surface area contributed by atoms with E-state index in [1.807, 2.05) is 27.7 Å². The minimum absolute atomic E-state index is 0.250. The van der Waals surface area contributed by atoms with E-state index in [1.54, 1.807) is 18.2 Å². The van der Waals surface area contributed by atoms with Gasteiger partial charge in [0.25, 0.3) is 0 Å². The van der Waals surface area contributed by atoms with E-state index < -0.39 is 23.1 Å². The lowest BCUT2D eigenvalue weighted by Gasteiger charge is -2.38. The quantitative estimate of drug-likeness (QED) is 0.207. The third-order valence-corrected chi connectivity index (χ3v) is 6.40. The SMILES string of the molecule is C=CCOc1c(C)c(C)c2c(c1C)CCC(C)(COc1ccc(C=C(C(=O)O)C(=O)O)cc1OC)O2. The molecule has 2 N–H and O–H groups in total. The molecular weight excluding hydrogens is 464 g/mol. The van der Waals surface area contributed by atoms with E-state index >= 15 is 0 Å². The van der Waals surface area contributed by atoms with Gasteiger partial charge in [-0.05, 0) is 81.0 Å². The van der Waals surface area contributed by atoms with E-state index in [0.29, 0.717) is 23.7 Å². The second-order valence-corrected chi connectivity index (χ2v) is 9.03. The molecule has 8 heteroatoms. The number of carbonyl (C=O) groups is 2. The van der Waals surface area contributed by atoms with Gasteiger partial charge in [-0.1, -0.05) is 18.7 Å². The number of fused-ring (bicyclic) bond motifs is 1. The number of hydrogen-bond donors (Lipinski definition) is 2. The first kappa shape index (κ1) is 26.7. The van der Waals surface area contributed by atoms with Gasteiger partial charge in [0.2, 0.25) is 0 Å². The first-order valence-electron chi connectivity index (χ1n) is 11.6. The van der Waals surface area contributed by atoms with Crippen LogP contribution >= 0.6 is 0 Å². The van der Waals surface area contributed by atoms with Gasteiger partial charge in [-0.15, -0.1) is 0 Å². The molecule has 1 aliphatic heterocycles. The summed E-state index contributed by atoms with van der Waals surface area (Å²) in [5.74, 6) is -0.521. The average Bonchev–Trinajstić information content (AvgIpc) is 2.84. The lowest BCUT2D eigenvalue weighted by Crippen LogP contribution is -2.42. The molecule has 8 nitrogen and oxygen atoms in total. The van der Waals surface area contributed by atoms with E-state index in [1.165, 1.54) is 13.2 Å². The Hall–Kier alpha value is -3.94. The molecule has 0 saturated carbocycles. The predicted molar refractivity (Wildman–Crippen MR) is 135 cm³/mol. The molecule has 1 atom stereocenters. The summed E-state index contributed by atoms with van der Waals surface area (Å²) in [5.41, 5.74) is 3.30. The van der Waals surface area contributed by atoms with Crippen molar-refractivity contribution >= 4 is 18.0 Å². The van der Waals surface area contributed by atoms with E-state index in [2.05, 4.69) is 6.58 Å². The van der Waals surface area contributed by atoms with E-state index in [4.69, 9.17) is 29.2 Å². The van der Waals surface area contributed by atoms with Crippen LogP contribution in [0.5, 0.6) is 23.0 Å². The highest BCUT2D eigenvalue weighted by Crippen LogP contribution is 2.44. The smallest absolute Gasteiger partial charge is 0.343 e. The van der Waals surface area contributed by atoms with Crippen molar-refractivity contribution in [2.75, 3.05) is 20.3 Å². The Morgan fingerprint density at radius 2 is 1.78 bits per heavy atom. The van der Waals surface area contributed by atoms with Gasteiger partial charge in [0, 0.05) is 5.56 Å². The molecule has 36 heavy (non-hydrogen) atoms. The summed E-state index contributed by atoms with van der Waals surface area (Å²) in [4.78, 5) is 22.3. The maximum atomic E-state index is 11.2. The van der Waals surface area contributed by atoms with Gasteiger partial charge in [-0.2, -0.15) is 0 Å². The summed E-state index contributed by atoms with van der Waals surface area (Å²) in [5, 5.41) is 18.2. The van der Waals surface area contributed by atoms with Crippen LogP contribution in [0, 0.1) is 20.8 Å². The molecule has 0 bridgehead atoms. The second-order valence-electron chi connectivity index (χ2n) is 9.03. The summed E-state index contributed by atoms with van der Waals surface area (Å²) in [6.45, 7) is 12.5. The number of ether oxygens (including phenoxy) is 4. The zero-order valence-electron chi connectivity index (χ0n) is 21.3. The zero-order chi connectivity index (χ0) is 26.6. The van der Waals surface area contributed by atoms with Crippen LogP contribution in [-0.4, -0.2) is 48.1 Å². The van der Waals surface area contributed by atoms with Gasteiger partial charge in [0.05, 0.1) is 7.11 Å². The summed E-state index contributed by atoms with van der Waals surface area (Å²) in [6.07, 6.45) is 4.33. The summed E-state index contributed by atoms with van der Waals surface area (Å²) in [7, 11) is 1.46. The summed E-state index contributed by atoms with van der Waals surface area (Å²) in [6, 6.07) is 4.72. The van der Waals surface area contributed by atoms with Crippen LogP contribution in [0.4, 0.5) is 0 Å². The molecule has 0 saturated heterocycles. The zero-order valence-corrected chi connectivity index (χ0v) is 21.3. The van der Waals surface area contributed by atoms with Crippen molar-refractivity contribution in [3.05, 3.63) is 64.2 Å². The molecule has 0 aliphatic carbocycles. The third-order valence-electron chi connectivity index (χ3n) is 6.40. The molecule has 2 aromatic carbocycles. The van der Waals surface area contributed by atoms with Crippen molar-refractivity contribution in [2.45, 2.75) is 46.1 Å². The summed E-state index contributed by atoms with van der Waals surface area (Å²) >= 11 is 0. The third kappa shape index (κ3) is 5.48. The Morgan fingerprint density at radius 1 is 1.08 bits per heavy atom. The van der Waals surface area contributed by atoms with Gasteiger partial charge in [0.1, 0.15) is 35.9 Å². The van der Waals surface area contributed by atoms with Crippen LogP contribution in [0.2, 0.25) is 0 Å². The number of carboxylic acid groups (broad SMARTS) is 2. The van der Waals surface area contributed by atoms with Gasteiger partial charge < -0.3 is 29.2 Å². The highest BCUT2D eigenvalue weighted by molar-refractivity contribution is 6.16. The Bertz CT molecular complexity index is 1210. The molecule has 0 amide bonds. The van der Waals surface area contributed by atoms with Crippen molar-refractivity contribution in [1.82, 2.24) is 0 Å². The highest BCUT2D eigenvalue weighted by atomic mass is 16.6. The van der Waals surface area contributed by atoms with Crippen molar-refractivity contribution in [1.29, 1.82) is 0 Å². The molecule has 3 rings (SSSR count). The van der Waals surface area contributed by atoms with Gasteiger partial charge >= 0.3 is 11.9 Å². The Kier molecular flexibility index (Phi) is 7.97. The number of rotatable bonds is 10. The van der Waals surface area contributed by atoms with Crippen molar-refractivity contribution in [2.24, 2.45) is 0 Å². The van der Waals surface area contributed by atoms with Crippen molar-refractivity contribution in [3.63, 3.8) is 0 Å². The first-order valence-corrected chi connectivity index (χ1v) is 11.6. The number of benzene rings is 2. The van der Waals surface area contributed by atoms with Crippen LogP contribution in [0.15, 0.2) is 36.4 Å². The minimum Gasteiger partial charge on any atom is -0.493 e. The molecule has 0 aromatic heterocycles. The maximum absolute atomic E-state index is 11.2. The average molecular weight is 497 g/mol. The van der Waals surface area contributed by atoms with E-state index in [0.717, 1.165) is 52.7 Å². The molecular formula is C28H32O8. The van der Waals surface area contributed by atoms with Crippen LogP contribution in [0.25, 0.3) is 6.08 Å². The lowest BCUT2D eigenvalue weighted by molar-refractivity contribution is -0.140. The molecule has 1 unspecified atom stereocenters. The lowest BCUT2D eigenvalue weighted by atomic mass is 9.87. The fourth-order valence-corrected chi connectivity index (χ4v) is 4.25. The fourth-order valence-electron chi connectivity index (χ4n) is 4.25. The fraction of sp³-hybridized carbons (Fsp3) is 0.357. The van der Waals surface area contributed by atoms with Crippen molar-refractivity contribution < 1.29 is 38.7 Å². The van der Waals surface area contributed by atoms with Gasteiger partial charge in [-0.25, -0.2) is 9.59 Å². The topological polar surface area (TPSA) is 112 Å². The van der Waals surface area contributed by atoms with Crippen LogP contribution in [-0.2, 0) is 16.0 Å². The number of methoxy groups -OCH3 is 1. The number of aliphatic carboxylic acids is 2. The predicted octanol–water partition coefficient (Wildman–Crippen LogP) is 4.90. The normalized spacial score (nSPS) is 16.2. The minimum atomic E-state index is -1.52. The summed E-state index contributed by atoms with van der Waals surface area (Å²) < 4.78 is 23.9. The molecule has 0 fully saturated rings. The van der Waals surface area contributed by atoms with Crippen molar-refractivity contribution in [3.8, 4) is 23.0 Å². The van der Waals surface area contributed by atoms with Crippen LogP contribution in [0.3, 0.4) is 0 Å². The van der Waals surface area contributed by atoms with Crippen LogP contribution < -0.4 is 18.9 Å². The molecule has 1 heterocycles. The first-order chi connectivity index (χ1) is 17.0. The molecule has 1 aliphatic rings. The number of hydrogen-bond acceptors (Lipinski definition) is 6. The Labute approximate surface area is 210 Å². The standard InChI is InChI=1S/C28H32O8/c1-7-12-34-24-16(2)17(3)25-20(18(24)4)10-11-28(5,36-25)15-35-22-9-8-19(14-23(22)33-6)13-21(26(29)30)27(31)32/h7-9,13-14H,1,10-12,15H2,2-6H3,(H,29,30)(H,31,32). The second kappa shape index (κ2) is 10.8. The Balaban J connectivity index is 1.82. The van der Waals surface area contributed by atoms with Gasteiger partial charge in [0.15, 0.2) is 11.5 Å². The molecule has 0 radical (unpaired) electrons. The number of carboxylic acids is 2. The Morgan fingerprint density at radius 3 is 2.39 bits per heavy atom. The monoisotopic (exact) mass is 496 g/mol. The van der Waals surface area contributed by atoms with Gasteiger partial charge in [-0.3, -0.25) is 0 Å². The maximum Gasteiger partial charge on any atom is 0.343 e. The highest BCUT2D eigenvalue weighted by Gasteiger charge is 2.36. The molecule has 0 spiro atoms. The molecule has 2 aromatic rings. The van der Waals surface area contributed by atoms with E-state index in [9.17, 15) is 9.59 Å².